The molecule has 0 heterocycles. The molecule has 0 bridgehead atoms. The second-order valence-electron chi connectivity index (χ2n) is 5.90. The molecule has 0 fully saturated rings. The SMILES string of the molecule is C=C1C(OC2C=C(C)C=CC2C)=CC(=O)C2=C1C=CCC2. The maximum Gasteiger partial charge on any atom is 0.186 e. The Morgan fingerprint density at radius 1 is 1.33 bits per heavy atom. The van der Waals surface area contributed by atoms with E-state index in [-0.39, 0.29) is 17.8 Å². The normalized spacial score (nSPS) is 28.3. The van der Waals surface area contributed by atoms with Gasteiger partial charge in [-0.3, -0.25) is 4.79 Å². The zero-order chi connectivity index (χ0) is 15.0. The van der Waals surface area contributed by atoms with E-state index in [1.165, 1.54) is 5.57 Å². The number of carbonyl (C=O) groups is 1. The van der Waals surface area contributed by atoms with Gasteiger partial charge in [-0.2, -0.15) is 0 Å². The lowest BCUT2D eigenvalue weighted by Gasteiger charge is -2.29. The average Bonchev–Trinajstić information content (AvgIpc) is 2.48. The first-order valence-electron chi connectivity index (χ1n) is 7.45. The second-order valence-corrected chi connectivity index (χ2v) is 5.90. The van der Waals surface area contributed by atoms with Crippen molar-refractivity contribution >= 4 is 5.78 Å². The van der Waals surface area contributed by atoms with Gasteiger partial charge < -0.3 is 4.74 Å². The summed E-state index contributed by atoms with van der Waals surface area (Å²) in [5, 5.41) is 0. The topological polar surface area (TPSA) is 26.3 Å². The van der Waals surface area contributed by atoms with Gasteiger partial charge in [-0.1, -0.05) is 43.4 Å². The van der Waals surface area contributed by atoms with Crippen LogP contribution < -0.4 is 0 Å². The molecule has 21 heavy (non-hydrogen) atoms. The minimum atomic E-state index is -0.0412. The Morgan fingerprint density at radius 3 is 2.95 bits per heavy atom. The molecular formula is C19H20O2. The van der Waals surface area contributed by atoms with Crippen molar-refractivity contribution in [2.45, 2.75) is 32.8 Å². The van der Waals surface area contributed by atoms with Crippen molar-refractivity contribution in [2.24, 2.45) is 5.92 Å². The molecule has 0 radical (unpaired) electrons. The van der Waals surface area contributed by atoms with Gasteiger partial charge in [0.05, 0.1) is 0 Å². The van der Waals surface area contributed by atoms with Crippen molar-refractivity contribution in [1.29, 1.82) is 0 Å². The van der Waals surface area contributed by atoms with E-state index in [2.05, 4.69) is 44.7 Å². The predicted molar refractivity (Wildman–Crippen MR) is 84.6 cm³/mol. The maximum atomic E-state index is 12.3. The smallest absolute Gasteiger partial charge is 0.186 e. The summed E-state index contributed by atoms with van der Waals surface area (Å²) in [6.45, 7) is 8.30. The zero-order valence-electron chi connectivity index (χ0n) is 12.6. The average molecular weight is 280 g/mol. The third kappa shape index (κ3) is 2.58. The molecule has 0 aromatic heterocycles. The summed E-state index contributed by atoms with van der Waals surface area (Å²) < 4.78 is 6.09. The van der Waals surface area contributed by atoms with Crippen molar-refractivity contribution in [2.75, 3.05) is 0 Å². The van der Waals surface area contributed by atoms with E-state index in [1.807, 2.05) is 6.08 Å². The van der Waals surface area contributed by atoms with Gasteiger partial charge in [0.1, 0.15) is 11.9 Å². The molecule has 0 aromatic carbocycles. The third-order valence-corrected chi connectivity index (χ3v) is 4.22. The molecule has 3 rings (SSSR count). The van der Waals surface area contributed by atoms with Crippen molar-refractivity contribution in [3.05, 3.63) is 71.1 Å². The molecule has 0 N–H and O–H groups in total. The molecule has 0 amide bonds. The minimum Gasteiger partial charge on any atom is -0.485 e. The molecule has 0 saturated heterocycles. The van der Waals surface area contributed by atoms with Gasteiger partial charge in [0.2, 0.25) is 0 Å². The second kappa shape index (κ2) is 5.36. The van der Waals surface area contributed by atoms with Crippen LogP contribution in [-0.4, -0.2) is 11.9 Å². The molecule has 0 aliphatic heterocycles. The summed E-state index contributed by atoms with van der Waals surface area (Å²) in [5.41, 5.74) is 3.83. The van der Waals surface area contributed by atoms with Gasteiger partial charge in [-0.15, -0.1) is 0 Å². The summed E-state index contributed by atoms with van der Waals surface area (Å²) in [6, 6.07) is 0. The van der Waals surface area contributed by atoms with E-state index in [0.717, 1.165) is 29.6 Å². The van der Waals surface area contributed by atoms with Gasteiger partial charge >= 0.3 is 0 Å². The lowest BCUT2D eigenvalue weighted by molar-refractivity contribution is -0.111. The van der Waals surface area contributed by atoms with Gasteiger partial charge in [-0.25, -0.2) is 0 Å². The van der Waals surface area contributed by atoms with E-state index in [4.69, 9.17) is 4.74 Å². The number of rotatable bonds is 2. The highest BCUT2D eigenvalue weighted by molar-refractivity contribution is 6.08. The minimum absolute atomic E-state index is 0.0412. The lowest BCUT2D eigenvalue weighted by Crippen LogP contribution is -2.23. The van der Waals surface area contributed by atoms with Gasteiger partial charge in [0.25, 0.3) is 0 Å². The number of allylic oxidation sites excluding steroid dienone is 7. The molecule has 2 nitrogen and oxygen atoms in total. The number of hydrogen-bond acceptors (Lipinski definition) is 2. The molecule has 0 aromatic rings. The summed E-state index contributed by atoms with van der Waals surface area (Å²) in [6.07, 6.45) is 13.7. The van der Waals surface area contributed by atoms with Crippen LogP contribution in [-0.2, 0) is 9.53 Å². The van der Waals surface area contributed by atoms with Crippen molar-refractivity contribution in [1.82, 2.24) is 0 Å². The van der Waals surface area contributed by atoms with E-state index in [0.29, 0.717) is 5.76 Å². The van der Waals surface area contributed by atoms with Gasteiger partial charge in [0.15, 0.2) is 5.78 Å². The molecule has 3 aliphatic rings. The highest BCUT2D eigenvalue weighted by atomic mass is 16.5. The molecular weight excluding hydrogens is 260 g/mol. The van der Waals surface area contributed by atoms with Crippen LogP contribution in [0.1, 0.15) is 26.7 Å². The monoisotopic (exact) mass is 280 g/mol. The molecule has 3 aliphatic carbocycles. The first kappa shape index (κ1) is 13.9. The molecule has 2 heteroatoms. The fraction of sp³-hybridized carbons (Fsp3) is 0.316. The fourth-order valence-corrected chi connectivity index (χ4v) is 2.90. The van der Waals surface area contributed by atoms with Crippen LogP contribution in [0.25, 0.3) is 0 Å². The molecule has 0 saturated carbocycles. The quantitative estimate of drug-likeness (QED) is 0.758. The number of hydrogen-bond donors (Lipinski definition) is 0. The van der Waals surface area contributed by atoms with Crippen LogP contribution in [0.5, 0.6) is 0 Å². The Kier molecular flexibility index (Phi) is 3.54. The first-order valence-corrected chi connectivity index (χ1v) is 7.45. The van der Waals surface area contributed by atoms with E-state index in [1.54, 1.807) is 6.08 Å². The molecule has 2 unspecified atom stereocenters. The van der Waals surface area contributed by atoms with Crippen LogP contribution in [0, 0.1) is 5.92 Å². The number of carbonyl (C=O) groups excluding carboxylic acids is 1. The van der Waals surface area contributed by atoms with Crippen LogP contribution in [0.3, 0.4) is 0 Å². The predicted octanol–water partition coefficient (Wildman–Crippen LogP) is 4.19. The molecule has 2 atom stereocenters. The van der Waals surface area contributed by atoms with Crippen molar-refractivity contribution in [3.63, 3.8) is 0 Å². The maximum absolute atomic E-state index is 12.3. The van der Waals surface area contributed by atoms with Gasteiger partial charge in [0, 0.05) is 23.1 Å². The summed E-state index contributed by atoms with van der Waals surface area (Å²) >= 11 is 0. The lowest BCUT2D eigenvalue weighted by atomic mass is 9.85. The van der Waals surface area contributed by atoms with E-state index >= 15 is 0 Å². The summed E-state index contributed by atoms with van der Waals surface area (Å²) in [7, 11) is 0. The fourth-order valence-electron chi connectivity index (χ4n) is 2.90. The van der Waals surface area contributed by atoms with Gasteiger partial charge in [-0.05, 0) is 31.4 Å². The van der Waals surface area contributed by atoms with Crippen LogP contribution in [0.2, 0.25) is 0 Å². The van der Waals surface area contributed by atoms with E-state index in [9.17, 15) is 4.79 Å². The van der Waals surface area contributed by atoms with Crippen LogP contribution >= 0.6 is 0 Å². The molecule has 108 valence electrons. The molecule has 0 spiro atoms. The zero-order valence-corrected chi connectivity index (χ0v) is 12.6. The Balaban J connectivity index is 1.84. The highest BCUT2D eigenvalue weighted by Gasteiger charge is 2.27. The summed E-state index contributed by atoms with van der Waals surface area (Å²) in [4.78, 5) is 12.3. The van der Waals surface area contributed by atoms with Crippen LogP contribution in [0.4, 0.5) is 0 Å². The first-order chi connectivity index (χ1) is 10.1. The van der Waals surface area contributed by atoms with Crippen LogP contribution in [0.15, 0.2) is 71.1 Å². The standard InChI is InChI=1S/C19H20O2/c1-12-8-9-13(2)18(10-12)21-19-11-17(20)16-7-5-4-6-15(16)14(19)3/h4,6,8-11,13,18H,3,5,7H2,1-2H3. The Hall–Kier alpha value is -2.09. The Bertz CT molecular complexity index is 653. The summed E-state index contributed by atoms with van der Waals surface area (Å²) in [5.74, 6) is 0.965. The highest BCUT2D eigenvalue weighted by Crippen LogP contribution is 2.35. The van der Waals surface area contributed by atoms with E-state index < -0.39 is 0 Å². The largest absolute Gasteiger partial charge is 0.485 e. The van der Waals surface area contributed by atoms with Crippen molar-refractivity contribution < 1.29 is 9.53 Å². The Labute approximate surface area is 125 Å². The number of ketones is 1. The number of ether oxygens (including phenoxy) is 1. The third-order valence-electron chi connectivity index (χ3n) is 4.22. The van der Waals surface area contributed by atoms with Crippen molar-refractivity contribution in [3.8, 4) is 0 Å². The Morgan fingerprint density at radius 2 is 2.14 bits per heavy atom.